The van der Waals surface area contributed by atoms with Crippen LogP contribution in [-0.4, -0.2) is 12.7 Å². The first kappa shape index (κ1) is 6.15. The molecule has 1 aliphatic rings. The molecule has 1 heterocycles. The maximum absolute atomic E-state index is 10.2. The third-order valence-corrected chi connectivity index (χ3v) is 1.42. The van der Waals surface area contributed by atoms with E-state index in [2.05, 4.69) is 4.74 Å². The summed E-state index contributed by atoms with van der Waals surface area (Å²) in [4.78, 5) is 0. The maximum atomic E-state index is 10.2. The Morgan fingerprint density at radius 2 is 1.78 bits per heavy atom. The summed E-state index contributed by atoms with van der Waals surface area (Å²) < 4.78 is 25.9. The number of thiol groups is 1. The molecule has 0 aromatic rings. The third kappa shape index (κ3) is 1.46. The highest BCUT2D eigenvalue weighted by Gasteiger charge is 1.96. The van der Waals surface area contributed by atoms with E-state index in [1.54, 1.807) is 0 Å². The molecule has 1 aliphatic heterocycles. The summed E-state index contributed by atoms with van der Waals surface area (Å²) in [5.41, 5.74) is 0. The summed E-state index contributed by atoms with van der Waals surface area (Å²) in [5, 5.41) is 0. The number of ether oxygens (including phenoxy) is 1. The summed E-state index contributed by atoms with van der Waals surface area (Å²) in [6.07, 6.45) is 5.19. The minimum Gasteiger partial charge on any atom is -0.470 e. The van der Waals surface area contributed by atoms with E-state index >= 15 is 0 Å². The third-order valence-electron chi connectivity index (χ3n) is 0.773. The van der Waals surface area contributed by atoms with Gasteiger partial charge < -0.3 is 4.74 Å². The zero-order valence-corrected chi connectivity index (χ0v) is 5.32. The molecule has 0 aliphatic carbocycles. The lowest BCUT2D eigenvalue weighted by molar-refractivity contribution is 0.374. The largest absolute Gasteiger partial charge is 0.470 e. The lowest BCUT2D eigenvalue weighted by atomic mass is 10.8. The molecule has 1 rings (SSSR count). The van der Waals surface area contributed by atoms with Crippen molar-refractivity contribution in [2.45, 2.75) is 0 Å². The molecule has 0 unspecified atom stereocenters. The van der Waals surface area contributed by atoms with Gasteiger partial charge in [0.25, 0.3) is 0 Å². The van der Waals surface area contributed by atoms with Crippen molar-refractivity contribution in [3.05, 3.63) is 24.9 Å². The Bertz CT molecular complexity index is 198. The fraction of sp³-hybridized carbons (Fsp3) is 0. The molecule has 4 nitrogen and oxygen atoms in total. The standard InChI is InChI=1S/C4H5NO3S/c6-9(7)5-1-3-8-4-2-5/h1-4,9H. The molecular formula is C4H5NO3S. The lowest BCUT2D eigenvalue weighted by Gasteiger charge is -2.07. The Balaban J connectivity index is 2.71. The smallest absolute Gasteiger partial charge is 0.228 e. The van der Waals surface area contributed by atoms with E-state index in [0.717, 1.165) is 4.31 Å². The Morgan fingerprint density at radius 1 is 1.22 bits per heavy atom. The fourth-order valence-electron chi connectivity index (χ4n) is 0.399. The van der Waals surface area contributed by atoms with Crippen molar-refractivity contribution in [1.82, 2.24) is 4.31 Å². The normalized spacial score (nSPS) is 16.3. The van der Waals surface area contributed by atoms with E-state index in [1.807, 2.05) is 0 Å². The van der Waals surface area contributed by atoms with E-state index in [-0.39, 0.29) is 0 Å². The van der Waals surface area contributed by atoms with Crippen LogP contribution in [0, 0.1) is 0 Å². The topological polar surface area (TPSA) is 46.6 Å². The molecule has 0 saturated carbocycles. The highest BCUT2D eigenvalue weighted by Crippen LogP contribution is 1.98. The predicted molar refractivity (Wildman–Crippen MR) is 31.5 cm³/mol. The monoisotopic (exact) mass is 147 g/mol. The van der Waals surface area contributed by atoms with Gasteiger partial charge in [-0.1, -0.05) is 0 Å². The Labute approximate surface area is 54.1 Å². The molecule has 0 atom stereocenters. The number of rotatable bonds is 1. The van der Waals surface area contributed by atoms with Gasteiger partial charge in [-0.25, -0.2) is 12.7 Å². The van der Waals surface area contributed by atoms with Gasteiger partial charge in [-0.3, -0.25) is 0 Å². The second-order valence-electron chi connectivity index (χ2n) is 1.32. The van der Waals surface area contributed by atoms with Crippen LogP contribution in [0.2, 0.25) is 0 Å². The molecule has 5 heteroatoms. The minimum absolute atomic E-state index is 1.03. The number of nitrogens with zero attached hydrogens (tertiary/aromatic N) is 1. The Hall–Kier alpha value is -0.970. The molecule has 0 N–H and O–H groups in total. The number of hydrogen-bond donors (Lipinski definition) is 1. The second-order valence-corrected chi connectivity index (χ2v) is 2.26. The summed E-state index contributed by atoms with van der Waals surface area (Å²) in [7, 11) is -2.54. The van der Waals surface area contributed by atoms with Gasteiger partial charge >= 0.3 is 0 Å². The molecular weight excluding hydrogens is 142 g/mol. The summed E-state index contributed by atoms with van der Waals surface area (Å²) in [6, 6.07) is 0. The zero-order valence-electron chi connectivity index (χ0n) is 4.43. The van der Waals surface area contributed by atoms with E-state index in [0.29, 0.717) is 0 Å². The molecule has 0 radical (unpaired) electrons. The predicted octanol–water partition coefficient (Wildman–Crippen LogP) is -0.213. The SMILES string of the molecule is O=[SH](=O)N1C=COC=C1. The molecule has 50 valence electrons. The van der Waals surface area contributed by atoms with Crippen LogP contribution in [0.15, 0.2) is 24.9 Å². The van der Waals surface area contributed by atoms with Crippen LogP contribution >= 0.6 is 0 Å². The van der Waals surface area contributed by atoms with Gasteiger partial charge in [0.2, 0.25) is 10.9 Å². The fourth-order valence-corrected chi connectivity index (χ4v) is 0.725. The van der Waals surface area contributed by atoms with Crippen LogP contribution < -0.4 is 0 Å². The van der Waals surface area contributed by atoms with Crippen LogP contribution in [0.25, 0.3) is 0 Å². The van der Waals surface area contributed by atoms with Crippen molar-refractivity contribution >= 4 is 10.9 Å². The minimum atomic E-state index is -2.54. The summed E-state index contributed by atoms with van der Waals surface area (Å²) in [6.45, 7) is 0. The van der Waals surface area contributed by atoms with Crippen LogP contribution in [-0.2, 0) is 15.6 Å². The zero-order chi connectivity index (χ0) is 6.69. The van der Waals surface area contributed by atoms with Crippen molar-refractivity contribution in [2.24, 2.45) is 0 Å². The summed E-state index contributed by atoms with van der Waals surface area (Å²) >= 11 is 0. The first-order valence-electron chi connectivity index (χ1n) is 2.22. The van der Waals surface area contributed by atoms with E-state index in [1.165, 1.54) is 24.9 Å². The lowest BCUT2D eigenvalue weighted by Crippen LogP contribution is -2.08. The van der Waals surface area contributed by atoms with Gasteiger partial charge in [-0.15, -0.1) is 0 Å². The molecule has 9 heavy (non-hydrogen) atoms. The van der Waals surface area contributed by atoms with Gasteiger partial charge in [-0.2, -0.15) is 0 Å². The Kier molecular flexibility index (Phi) is 1.74. The van der Waals surface area contributed by atoms with Crippen LogP contribution in [0.4, 0.5) is 0 Å². The van der Waals surface area contributed by atoms with Crippen molar-refractivity contribution in [2.75, 3.05) is 0 Å². The second kappa shape index (κ2) is 2.54. The molecule has 0 aromatic carbocycles. The average Bonchev–Trinajstić information content (AvgIpc) is 1.90. The number of hydrogen-bond acceptors (Lipinski definition) is 3. The van der Waals surface area contributed by atoms with Gasteiger partial charge in [0.15, 0.2) is 0 Å². The van der Waals surface area contributed by atoms with Crippen LogP contribution in [0.3, 0.4) is 0 Å². The molecule has 0 bridgehead atoms. The molecule has 0 aromatic heterocycles. The first-order chi connectivity index (χ1) is 4.30. The van der Waals surface area contributed by atoms with Gasteiger partial charge in [0, 0.05) is 0 Å². The van der Waals surface area contributed by atoms with Crippen molar-refractivity contribution in [3.63, 3.8) is 0 Å². The average molecular weight is 147 g/mol. The van der Waals surface area contributed by atoms with Gasteiger partial charge in [0.05, 0.1) is 12.4 Å². The van der Waals surface area contributed by atoms with Crippen molar-refractivity contribution in [1.29, 1.82) is 0 Å². The Morgan fingerprint density at radius 3 is 2.11 bits per heavy atom. The molecule has 0 fully saturated rings. The van der Waals surface area contributed by atoms with Crippen molar-refractivity contribution < 1.29 is 13.2 Å². The van der Waals surface area contributed by atoms with E-state index < -0.39 is 10.9 Å². The first-order valence-corrected chi connectivity index (χ1v) is 3.35. The highest BCUT2D eigenvalue weighted by atomic mass is 32.2. The van der Waals surface area contributed by atoms with Gasteiger partial charge in [-0.05, 0) is 0 Å². The van der Waals surface area contributed by atoms with Crippen molar-refractivity contribution in [3.8, 4) is 0 Å². The highest BCUT2D eigenvalue weighted by molar-refractivity contribution is 7.70. The molecule has 0 saturated heterocycles. The van der Waals surface area contributed by atoms with Crippen LogP contribution in [0.5, 0.6) is 0 Å². The summed E-state index contributed by atoms with van der Waals surface area (Å²) in [5.74, 6) is 0. The van der Waals surface area contributed by atoms with E-state index in [4.69, 9.17) is 0 Å². The maximum Gasteiger partial charge on any atom is 0.228 e. The molecule has 0 spiro atoms. The van der Waals surface area contributed by atoms with Gasteiger partial charge in [0.1, 0.15) is 12.5 Å². The quantitative estimate of drug-likeness (QED) is 0.522. The van der Waals surface area contributed by atoms with E-state index in [9.17, 15) is 8.42 Å². The van der Waals surface area contributed by atoms with Crippen LogP contribution in [0.1, 0.15) is 0 Å². The molecule has 0 amide bonds.